The number of nitrogens with zero attached hydrogens (tertiary/aromatic N) is 3. The van der Waals surface area contributed by atoms with Crippen LogP contribution in [0.25, 0.3) is 28.2 Å². The van der Waals surface area contributed by atoms with Crippen molar-refractivity contribution < 1.29 is 22.4 Å². The zero-order valence-corrected chi connectivity index (χ0v) is 18.6. The molecule has 0 fully saturated rings. The van der Waals surface area contributed by atoms with Gasteiger partial charge in [-0.1, -0.05) is 54.6 Å². The predicted octanol–water partition coefficient (Wildman–Crippen LogP) is 6.15. The predicted molar refractivity (Wildman–Crippen MR) is 126 cm³/mol. The number of carbonyl (C=O) groups excluding carboxylic acids is 1. The maximum absolute atomic E-state index is 14.5. The molecule has 0 aliphatic heterocycles. The number of fused-ring (bicyclic) bond motifs is 1. The second-order valence-corrected chi connectivity index (χ2v) is 8.05. The molecule has 5 rings (SSSR count). The molecule has 1 amide bonds. The lowest BCUT2D eigenvalue weighted by Crippen LogP contribution is -2.26. The molecule has 2 aromatic heterocycles. The van der Waals surface area contributed by atoms with Crippen LogP contribution < -0.4 is 5.32 Å². The van der Waals surface area contributed by atoms with Crippen LogP contribution in [0.15, 0.2) is 91.0 Å². The molecular formula is C27H18F4N4O. The Morgan fingerprint density at radius 2 is 1.61 bits per heavy atom. The molecule has 0 saturated carbocycles. The van der Waals surface area contributed by atoms with Gasteiger partial charge in [-0.05, 0) is 35.9 Å². The summed E-state index contributed by atoms with van der Waals surface area (Å²) in [5.41, 5.74) is 1.64. The van der Waals surface area contributed by atoms with Crippen LogP contribution in [0.2, 0.25) is 0 Å². The summed E-state index contributed by atoms with van der Waals surface area (Å²) in [6, 6.07) is 23.1. The Kier molecular flexibility index (Phi) is 5.97. The third-order valence-electron chi connectivity index (χ3n) is 5.59. The van der Waals surface area contributed by atoms with Crippen molar-refractivity contribution in [3.8, 4) is 22.5 Å². The monoisotopic (exact) mass is 490 g/mol. The van der Waals surface area contributed by atoms with Crippen LogP contribution >= 0.6 is 0 Å². The molecule has 0 spiro atoms. The zero-order chi connectivity index (χ0) is 25.3. The minimum absolute atomic E-state index is 0.0624. The van der Waals surface area contributed by atoms with Gasteiger partial charge in [-0.25, -0.2) is 13.9 Å². The van der Waals surface area contributed by atoms with Gasteiger partial charge in [-0.15, -0.1) is 0 Å². The summed E-state index contributed by atoms with van der Waals surface area (Å²) in [4.78, 5) is 17.7. The van der Waals surface area contributed by atoms with Crippen molar-refractivity contribution in [2.45, 2.75) is 12.7 Å². The van der Waals surface area contributed by atoms with E-state index in [2.05, 4.69) is 15.4 Å². The average Bonchev–Trinajstić information content (AvgIpc) is 3.31. The number of benzene rings is 3. The van der Waals surface area contributed by atoms with Gasteiger partial charge < -0.3 is 5.32 Å². The van der Waals surface area contributed by atoms with Crippen molar-refractivity contribution in [2.24, 2.45) is 0 Å². The number of carbonyl (C=O) groups is 1. The molecule has 0 radical (unpaired) electrons. The first-order valence-electron chi connectivity index (χ1n) is 10.9. The third-order valence-corrected chi connectivity index (χ3v) is 5.59. The van der Waals surface area contributed by atoms with Gasteiger partial charge in [0, 0.05) is 23.7 Å². The fraction of sp³-hybridized carbons (Fsp3) is 0.0741. The molecule has 0 atom stereocenters. The van der Waals surface area contributed by atoms with E-state index in [9.17, 15) is 22.4 Å². The molecule has 5 aromatic rings. The highest BCUT2D eigenvalue weighted by atomic mass is 19.4. The Labute approximate surface area is 203 Å². The summed E-state index contributed by atoms with van der Waals surface area (Å²) in [6.07, 6.45) is -4.49. The first-order chi connectivity index (χ1) is 17.3. The van der Waals surface area contributed by atoms with E-state index in [0.29, 0.717) is 11.3 Å². The van der Waals surface area contributed by atoms with Crippen molar-refractivity contribution in [3.05, 3.63) is 114 Å². The molecule has 2 heterocycles. The van der Waals surface area contributed by atoms with Crippen LogP contribution in [0.3, 0.4) is 0 Å². The fourth-order valence-electron chi connectivity index (χ4n) is 3.82. The minimum Gasteiger partial charge on any atom is -0.347 e. The molecule has 0 aliphatic carbocycles. The summed E-state index contributed by atoms with van der Waals surface area (Å²) in [5.74, 6) is -1.10. The SMILES string of the molecule is O=C(NCc1cccc(C(F)(F)F)c1)c1cc(-c2ccccc2F)nc2cc(-c3ccccc3)nn12. The maximum atomic E-state index is 14.5. The molecule has 36 heavy (non-hydrogen) atoms. The summed E-state index contributed by atoms with van der Waals surface area (Å²) in [5, 5.41) is 7.15. The van der Waals surface area contributed by atoms with E-state index < -0.39 is 23.5 Å². The first-order valence-corrected chi connectivity index (χ1v) is 10.9. The van der Waals surface area contributed by atoms with Gasteiger partial charge in [-0.2, -0.15) is 18.3 Å². The van der Waals surface area contributed by atoms with Crippen LogP contribution in [0.1, 0.15) is 21.6 Å². The Hall–Kier alpha value is -4.53. The summed E-state index contributed by atoms with van der Waals surface area (Å²) in [6.45, 7) is -0.144. The van der Waals surface area contributed by atoms with Gasteiger partial charge in [-0.3, -0.25) is 4.79 Å². The summed E-state index contributed by atoms with van der Waals surface area (Å²) in [7, 11) is 0. The Morgan fingerprint density at radius 3 is 2.36 bits per heavy atom. The molecule has 0 unspecified atom stereocenters. The normalized spacial score (nSPS) is 11.6. The van der Waals surface area contributed by atoms with Gasteiger partial charge in [0.1, 0.15) is 11.5 Å². The smallest absolute Gasteiger partial charge is 0.347 e. The largest absolute Gasteiger partial charge is 0.416 e. The van der Waals surface area contributed by atoms with Crippen LogP contribution in [-0.4, -0.2) is 20.5 Å². The molecule has 180 valence electrons. The van der Waals surface area contributed by atoms with E-state index in [4.69, 9.17) is 0 Å². The quantitative estimate of drug-likeness (QED) is 0.301. The Morgan fingerprint density at radius 1 is 0.861 bits per heavy atom. The van der Waals surface area contributed by atoms with E-state index in [1.165, 1.54) is 28.8 Å². The number of halogens is 4. The van der Waals surface area contributed by atoms with Crippen molar-refractivity contribution in [2.75, 3.05) is 0 Å². The van der Waals surface area contributed by atoms with Gasteiger partial charge in [0.05, 0.1) is 17.0 Å². The highest BCUT2D eigenvalue weighted by Gasteiger charge is 2.30. The van der Waals surface area contributed by atoms with Crippen LogP contribution in [0.4, 0.5) is 17.6 Å². The molecular weight excluding hydrogens is 472 g/mol. The maximum Gasteiger partial charge on any atom is 0.416 e. The van der Waals surface area contributed by atoms with E-state index in [1.54, 1.807) is 24.3 Å². The third kappa shape index (κ3) is 4.68. The summed E-state index contributed by atoms with van der Waals surface area (Å²) < 4.78 is 55.0. The minimum atomic E-state index is -4.49. The number of amides is 1. The van der Waals surface area contributed by atoms with Gasteiger partial charge in [0.2, 0.25) is 0 Å². The average molecular weight is 490 g/mol. The lowest BCUT2D eigenvalue weighted by atomic mass is 10.1. The molecule has 5 nitrogen and oxygen atoms in total. The number of nitrogens with one attached hydrogen (secondary N) is 1. The number of rotatable bonds is 5. The van der Waals surface area contributed by atoms with Gasteiger partial charge >= 0.3 is 6.18 Å². The van der Waals surface area contributed by atoms with Crippen molar-refractivity contribution in [3.63, 3.8) is 0 Å². The van der Waals surface area contributed by atoms with E-state index >= 15 is 0 Å². The Balaban J connectivity index is 1.54. The van der Waals surface area contributed by atoms with Crippen molar-refractivity contribution in [1.29, 1.82) is 0 Å². The number of hydrogen-bond acceptors (Lipinski definition) is 3. The molecule has 0 bridgehead atoms. The molecule has 9 heteroatoms. The van der Waals surface area contributed by atoms with Crippen LogP contribution in [0.5, 0.6) is 0 Å². The number of hydrogen-bond donors (Lipinski definition) is 1. The lowest BCUT2D eigenvalue weighted by molar-refractivity contribution is -0.137. The van der Waals surface area contributed by atoms with Crippen molar-refractivity contribution >= 4 is 11.6 Å². The molecule has 0 saturated heterocycles. The van der Waals surface area contributed by atoms with Gasteiger partial charge in [0.15, 0.2) is 5.65 Å². The molecule has 0 aliphatic rings. The zero-order valence-electron chi connectivity index (χ0n) is 18.6. The highest BCUT2D eigenvalue weighted by molar-refractivity contribution is 5.94. The highest BCUT2D eigenvalue weighted by Crippen LogP contribution is 2.30. The standard InChI is InChI=1S/C27H18F4N4O/c28-21-12-5-4-11-20(21)23-14-24(26(36)32-16-17-7-6-10-19(13-17)27(29,30)31)35-25(33-23)15-22(34-35)18-8-2-1-3-9-18/h1-15H,16H2,(H,32,36). The second-order valence-electron chi connectivity index (χ2n) is 8.05. The van der Waals surface area contributed by atoms with Crippen molar-refractivity contribution in [1.82, 2.24) is 19.9 Å². The van der Waals surface area contributed by atoms with E-state index in [1.807, 2.05) is 30.3 Å². The first kappa shape index (κ1) is 23.2. The Bertz CT molecular complexity index is 1560. The van der Waals surface area contributed by atoms with Crippen LogP contribution in [0, 0.1) is 5.82 Å². The molecule has 3 aromatic carbocycles. The van der Waals surface area contributed by atoms with E-state index in [0.717, 1.165) is 17.7 Å². The van der Waals surface area contributed by atoms with Crippen LogP contribution in [-0.2, 0) is 12.7 Å². The summed E-state index contributed by atoms with van der Waals surface area (Å²) >= 11 is 0. The van der Waals surface area contributed by atoms with Gasteiger partial charge in [0.25, 0.3) is 5.91 Å². The second kappa shape index (κ2) is 9.26. The molecule has 1 N–H and O–H groups in total. The number of alkyl halides is 3. The fourth-order valence-corrected chi connectivity index (χ4v) is 3.82. The topological polar surface area (TPSA) is 59.3 Å². The lowest BCUT2D eigenvalue weighted by Gasteiger charge is -2.11. The van der Waals surface area contributed by atoms with E-state index in [-0.39, 0.29) is 29.1 Å². The number of aromatic nitrogens is 3.